The van der Waals surface area contributed by atoms with Crippen LogP contribution in [0, 0.1) is 0 Å². The standard InChI is InChI=1S/C32H39N7O9.Na/c1-18(40)36-27-25(41)14-32(31(45)46,48-29(27)28(43)26(42)16-35-30(44)19-5-3-2-4-6-19)47-12-10-22-17-39(38-37-22)11-9-20-15-34-24-8-7-21(33)13-23(20)24;/h2-8,13,15,17,25-29,34,41-43H,9-12,14,16,33H2,1H3,(H,35,44)(H,36,40)(H,45,46);/q;+1/p-1/t25-,26+,27+,28+,29?,32+;/m0./s1. The molecule has 0 bridgehead atoms. The number of aliphatic hydroxyl groups excluding tert-OH is 3. The van der Waals surface area contributed by atoms with E-state index >= 15 is 0 Å². The number of carboxylic acid groups (broad SMARTS) is 1. The van der Waals surface area contributed by atoms with Crippen LogP contribution in [-0.4, -0.2) is 102 Å². The second-order valence-electron chi connectivity index (χ2n) is 11.7. The van der Waals surface area contributed by atoms with E-state index < -0.39 is 67.0 Å². The minimum absolute atomic E-state index is 0. The van der Waals surface area contributed by atoms with Crippen LogP contribution in [0.5, 0.6) is 0 Å². The van der Waals surface area contributed by atoms with Crippen molar-refractivity contribution in [1.29, 1.82) is 0 Å². The molecule has 2 aromatic carbocycles. The molecular weight excluding hydrogens is 649 g/mol. The molecule has 8 N–H and O–H groups in total. The molecule has 0 radical (unpaired) electrons. The van der Waals surface area contributed by atoms with Crippen molar-refractivity contribution in [3.8, 4) is 0 Å². The first-order chi connectivity index (χ1) is 23.0. The number of nitrogens with one attached hydrogen (secondary N) is 3. The number of aliphatic carboxylic acids is 1. The van der Waals surface area contributed by atoms with Crippen molar-refractivity contribution in [2.24, 2.45) is 0 Å². The van der Waals surface area contributed by atoms with Gasteiger partial charge < -0.3 is 56.0 Å². The minimum Gasteiger partial charge on any atom is -0.544 e. The number of ether oxygens (including phenoxy) is 2. The molecule has 17 heteroatoms. The van der Waals surface area contributed by atoms with E-state index in [9.17, 15) is 34.8 Å². The number of carboxylic acids is 1. The van der Waals surface area contributed by atoms with Gasteiger partial charge in [0.25, 0.3) is 5.91 Å². The zero-order valence-electron chi connectivity index (χ0n) is 27.1. The summed E-state index contributed by atoms with van der Waals surface area (Å²) in [5.74, 6) is -5.53. The maximum absolute atomic E-state index is 12.4. The molecule has 256 valence electrons. The van der Waals surface area contributed by atoms with Crippen LogP contribution in [0.3, 0.4) is 0 Å². The van der Waals surface area contributed by atoms with Crippen molar-refractivity contribution >= 4 is 34.4 Å². The Balaban J connectivity index is 0.00000541. The van der Waals surface area contributed by atoms with Crippen LogP contribution >= 0.6 is 0 Å². The molecule has 1 aliphatic heterocycles. The summed E-state index contributed by atoms with van der Waals surface area (Å²) in [6.07, 6.45) is -3.16. The third-order valence-corrected chi connectivity index (χ3v) is 8.17. The number of carbonyl (C=O) groups excluding carboxylic acids is 3. The number of fused-ring (bicyclic) bond motifs is 1. The number of nitrogens with zero attached hydrogens (tertiary/aromatic N) is 3. The number of aromatic nitrogens is 4. The molecule has 1 unspecified atom stereocenters. The number of aromatic amines is 1. The van der Waals surface area contributed by atoms with Gasteiger partial charge in [-0.3, -0.25) is 14.3 Å². The fourth-order valence-electron chi connectivity index (χ4n) is 5.69. The summed E-state index contributed by atoms with van der Waals surface area (Å²) in [5, 5.41) is 59.3. The Morgan fingerprint density at radius 1 is 1.20 bits per heavy atom. The number of nitrogen functional groups attached to an aromatic ring is 1. The van der Waals surface area contributed by atoms with Crippen LogP contribution < -0.4 is 51.0 Å². The number of hydrogen-bond donors (Lipinski definition) is 7. The maximum Gasteiger partial charge on any atom is 1.00 e. The summed E-state index contributed by atoms with van der Waals surface area (Å²) in [4.78, 5) is 40.0. The number of amides is 2. The summed E-state index contributed by atoms with van der Waals surface area (Å²) < 4.78 is 13.0. The summed E-state index contributed by atoms with van der Waals surface area (Å²) in [6, 6.07) is 12.4. The van der Waals surface area contributed by atoms with Gasteiger partial charge in [-0.25, -0.2) is 0 Å². The summed E-state index contributed by atoms with van der Waals surface area (Å²) in [5.41, 5.74) is 9.41. The van der Waals surface area contributed by atoms with Crippen molar-refractivity contribution in [2.75, 3.05) is 18.9 Å². The first-order valence-electron chi connectivity index (χ1n) is 15.4. The van der Waals surface area contributed by atoms with Crippen molar-refractivity contribution in [3.63, 3.8) is 0 Å². The second kappa shape index (κ2) is 16.7. The second-order valence-corrected chi connectivity index (χ2v) is 11.7. The molecule has 5 rings (SSSR count). The van der Waals surface area contributed by atoms with Gasteiger partial charge in [0.05, 0.1) is 30.6 Å². The molecule has 6 atom stereocenters. The Kier molecular flexibility index (Phi) is 12.9. The predicted octanol–water partition coefficient (Wildman–Crippen LogP) is -4.60. The Morgan fingerprint density at radius 2 is 1.96 bits per heavy atom. The van der Waals surface area contributed by atoms with Gasteiger partial charge in [-0.05, 0) is 42.3 Å². The molecular formula is C32H38N7NaO9. The predicted molar refractivity (Wildman–Crippen MR) is 168 cm³/mol. The molecule has 1 aliphatic rings. The van der Waals surface area contributed by atoms with Gasteiger partial charge >= 0.3 is 29.6 Å². The minimum atomic E-state index is -2.56. The third-order valence-electron chi connectivity index (χ3n) is 8.17. The molecule has 2 amide bonds. The van der Waals surface area contributed by atoms with Gasteiger partial charge in [0, 0.05) is 67.4 Å². The molecule has 0 saturated carbocycles. The Labute approximate surface area is 303 Å². The van der Waals surface area contributed by atoms with E-state index in [4.69, 9.17) is 15.2 Å². The molecule has 1 fully saturated rings. The van der Waals surface area contributed by atoms with Gasteiger partial charge in [0.15, 0.2) is 0 Å². The van der Waals surface area contributed by atoms with Crippen LogP contribution in [0.15, 0.2) is 60.9 Å². The summed E-state index contributed by atoms with van der Waals surface area (Å²) >= 11 is 0. The number of aryl methyl sites for hydroxylation is 2. The molecule has 1 saturated heterocycles. The number of nitrogens with two attached hydrogens (primary N) is 1. The number of benzene rings is 2. The average molecular weight is 688 g/mol. The van der Waals surface area contributed by atoms with E-state index in [-0.39, 0.29) is 42.6 Å². The van der Waals surface area contributed by atoms with E-state index in [1.807, 2.05) is 24.4 Å². The monoisotopic (exact) mass is 687 g/mol. The van der Waals surface area contributed by atoms with Gasteiger partial charge in [-0.15, -0.1) is 5.10 Å². The van der Waals surface area contributed by atoms with E-state index in [0.29, 0.717) is 29.9 Å². The van der Waals surface area contributed by atoms with E-state index in [1.165, 1.54) is 0 Å². The first-order valence-corrected chi connectivity index (χ1v) is 15.4. The molecule has 49 heavy (non-hydrogen) atoms. The van der Waals surface area contributed by atoms with Crippen molar-refractivity contribution in [1.82, 2.24) is 30.6 Å². The maximum atomic E-state index is 12.4. The zero-order valence-corrected chi connectivity index (χ0v) is 29.1. The molecule has 2 aromatic heterocycles. The van der Waals surface area contributed by atoms with Crippen LogP contribution in [0.4, 0.5) is 5.69 Å². The number of hydrogen-bond acceptors (Lipinski definition) is 12. The van der Waals surface area contributed by atoms with Crippen LogP contribution in [0.25, 0.3) is 10.9 Å². The van der Waals surface area contributed by atoms with Crippen LogP contribution in [0.1, 0.15) is 35.0 Å². The van der Waals surface area contributed by atoms with E-state index in [1.54, 1.807) is 41.2 Å². The normalized spacial score (nSPS) is 21.8. The smallest absolute Gasteiger partial charge is 0.544 e. The van der Waals surface area contributed by atoms with Crippen molar-refractivity contribution in [2.45, 2.75) is 69.0 Å². The molecule has 3 heterocycles. The van der Waals surface area contributed by atoms with Crippen molar-refractivity contribution < 1.29 is 73.8 Å². The first kappa shape index (κ1) is 37.9. The van der Waals surface area contributed by atoms with Crippen LogP contribution in [0.2, 0.25) is 0 Å². The van der Waals surface area contributed by atoms with Gasteiger partial charge in [0.2, 0.25) is 11.7 Å². The molecule has 0 spiro atoms. The van der Waals surface area contributed by atoms with Gasteiger partial charge in [-0.1, -0.05) is 23.4 Å². The van der Waals surface area contributed by atoms with Crippen LogP contribution in [-0.2, 0) is 38.4 Å². The third kappa shape index (κ3) is 9.23. The number of carbonyl (C=O) groups is 3. The number of rotatable bonds is 14. The fraction of sp³-hybridized carbons (Fsp3) is 0.406. The van der Waals surface area contributed by atoms with Crippen molar-refractivity contribution in [3.05, 3.63) is 77.7 Å². The van der Waals surface area contributed by atoms with E-state index in [2.05, 4.69) is 25.9 Å². The zero-order chi connectivity index (χ0) is 34.4. The Hall–Kier alpha value is -3.87. The number of aliphatic hydroxyl groups is 3. The topological polar surface area (TPSA) is 250 Å². The molecule has 0 aliphatic carbocycles. The quantitative estimate of drug-likeness (QED) is 0.0489. The molecule has 16 nitrogen and oxygen atoms in total. The van der Waals surface area contributed by atoms with Gasteiger partial charge in [-0.2, -0.15) is 0 Å². The Morgan fingerprint density at radius 3 is 2.67 bits per heavy atom. The fourth-order valence-corrected chi connectivity index (χ4v) is 5.69. The largest absolute Gasteiger partial charge is 1.00 e. The summed E-state index contributed by atoms with van der Waals surface area (Å²) in [6.45, 7) is 0.949. The number of H-pyrrole nitrogens is 1. The SMILES string of the molecule is CC(=O)N[C@H]1C([C@H](O)[C@H](O)CNC(=O)c2ccccc2)O[C@@](OCCc2cn(CCc3c[nH]c4ccc(N)cc34)nn2)(C(=O)[O-])C[C@@H]1O.[Na+]. The summed E-state index contributed by atoms with van der Waals surface area (Å²) in [7, 11) is 0. The van der Waals surface area contributed by atoms with E-state index in [0.717, 1.165) is 23.4 Å². The molecule has 4 aromatic rings. The Bertz CT molecular complexity index is 1740. The van der Waals surface area contributed by atoms with Gasteiger partial charge in [0.1, 0.15) is 18.2 Å². The number of anilines is 1. The average Bonchev–Trinajstić information content (AvgIpc) is 3.69.